The van der Waals surface area contributed by atoms with E-state index in [1.54, 1.807) is 7.05 Å². The summed E-state index contributed by atoms with van der Waals surface area (Å²) in [4.78, 5) is 4.32. The van der Waals surface area contributed by atoms with Gasteiger partial charge in [0, 0.05) is 32.2 Å². The summed E-state index contributed by atoms with van der Waals surface area (Å²) in [5, 5.41) is 15.1. The van der Waals surface area contributed by atoms with Gasteiger partial charge in [-0.2, -0.15) is 0 Å². The second-order valence-electron chi connectivity index (χ2n) is 7.12. The molecule has 1 aliphatic carbocycles. The Kier molecular flexibility index (Phi) is 6.21. The number of nitrogens with zero attached hydrogens (tertiary/aromatic N) is 4. The monoisotopic (exact) mass is 336 g/mol. The van der Waals surface area contributed by atoms with E-state index >= 15 is 0 Å². The fraction of sp³-hybridized carbons (Fsp3) is 0.824. The Morgan fingerprint density at radius 1 is 1.42 bits per heavy atom. The Morgan fingerprint density at radius 2 is 2.17 bits per heavy atom. The molecule has 24 heavy (non-hydrogen) atoms. The first-order valence-electron chi connectivity index (χ1n) is 8.83. The first-order chi connectivity index (χ1) is 11.4. The number of aryl methyl sites for hydroxylation is 1. The number of ether oxygens (including phenoxy) is 1. The average molecular weight is 336 g/mol. The van der Waals surface area contributed by atoms with Crippen LogP contribution >= 0.6 is 0 Å². The quantitative estimate of drug-likeness (QED) is 0.451. The third-order valence-electron chi connectivity index (χ3n) is 5.13. The molecule has 1 aromatic rings. The Bertz CT molecular complexity index is 565. The molecule has 7 nitrogen and oxygen atoms in total. The van der Waals surface area contributed by atoms with Crippen molar-refractivity contribution in [3.63, 3.8) is 0 Å². The predicted octanol–water partition coefficient (Wildman–Crippen LogP) is 1.77. The Labute approximate surface area is 145 Å². The number of aromatic nitrogens is 3. The van der Waals surface area contributed by atoms with Gasteiger partial charge in [0.1, 0.15) is 5.82 Å². The summed E-state index contributed by atoms with van der Waals surface area (Å²) in [5.41, 5.74) is 0.104. The van der Waals surface area contributed by atoms with E-state index in [1.165, 1.54) is 6.42 Å². The smallest absolute Gasteiger partial charge is 0.191 e. The van der Waals surface area contributed by atoms with Gasteiger partial charge >= 0.3 is 0 Å². The van der Waals surface area contributed by atoms with Gasteiger partial charge in [-0.15, -0.1) is 10.2 Å². The lowest BCUT2D eigenvalue weighted by molar-refractivity contribution is -0.113. The molecule has 1 saturated carbocycles. The molecule has 0 aromatic carbocycles. The van der Waals surface area contributed by atoms with Crippen molar-refractivity contribution >= 4 is 5.96 Å². The standard InChI is InChI=1S/C17H32N6O/c1-7-8-9-24-14-10-13(17(14,3)4)20-16(18-5)19-11-15-22-21-12(2)23(15)6/h13-14H,7-11H2,1-6H3,(H2,18,19,20). The van der Waals surface area contributed by atoms with Crippen LogP contribution in [0.15, 0.2) is 4.99 Å². The van der Waals surface area contributed by atoms with E-state index in [-0.39, 0.29) is 5.41 Å². The van der Waals surface area contributed by atoms with Crippen LogP contribution in [-0.2, 0) is 18.3 Å². The number of hydrogen-bond acceptors (Lipinski definition) is 4. The van der Waals surface area contributed by atoms with E-state index in [4.69, 9.17) is 4.74 Å². The maximum absolute atomic E-state index is 6.00. The average Bonchev–Trinajstić information content (AvgIpc) is 2.88. The van der Waals surface area contributed by atoms with E-state index < -0.39 is 0 Å². The molecule has 0 saturated heterocycles. The maximum atomic E-state index is 6.00. The predicted molar refractivity (Wildman–Crippen MR) is 95.9 cm³/mol. The lowest BCUT2D eigenvalue weighted by Crippen LogP contribution is -2.63. The third-order valence-corrected chi connectivity index (χ3v) is 5.13. The molecule has 2 atom stereocenters. The molecule has 136 valence electrons. The minimum Gasteiger partial charge on any atom is -0.378 e. The zero-order chi connectivity index (χ0) is 17.7. The van der Waals surface area contributed by atoms with Gasteiger partial charge in [0.15, 0.2) is 11.8 Å². The van der Waals surface area contributed by atoms with Crippen LogP contribution in [0.4, 0.5) is 0 Å². The van der Waals surface area contributed by atoms with Crippen molar-refractivity contribution in [2.24, 2.45) is 17.5 Å². The van der Waals surface area contributed by atoms with Crippen LogP contribution in [0.5, 0.6) is 0 Å². The topological polar surface area (TPSA) is 76.4 Å². The van der Waals surface area contributed by atoms with Gasteiger partial charge in [-0.25, -0.2) is 0 Å². The summed E-state index contributed by atoms with van der Waals surface area (Å²) in [6, 6.07) is 0.358. The molecule has 0 bridgehead atoms. The van der Waals surface area contributed by atoms with Crippen molar-refractivity contribution in [3.8, 4) is 0 Å². The van der Waals surface area contributed by atoms with Crippen LogP contribution in [0.1, 0.15) is 51.7 Å². The number of guanidine groups is 1. The Hall–Kier alpha value is -1.63. The molecule has 7 heteroatoms. The Morgan fingerprint density at radius 3 is 2.71 bits per heavy atom. The fourth-order valence-electron chi connectivity index (χ4n) is 2.91. The van der Waals surface area contributed by atoms with Crippen molar-refractivity contribution in [1.29, 1.82) is 0 Å². The molecule has 1 fully saturated rings. The van der Waals surface area contributed by atoms with Gasteiger partial charge in [-0.05, 0) is 19.8 Å². The summed E-state index contributed by atoms with van der Waals surface area (Å²) >= 11 is 0. The zero-order valence-corrected chi connectivity index (χ0v) is 15.9. The highest BCUT2D eigenvalue weighted by Crippen LogP contribution is 2.42. The summed E-state index contributed by atoms with van der Waals surface area (Å²) in [7, 11) is 3.76. The zero-order valence-electron chi connectivity index (χ0n) is 15.9. The van der Waals surface area contributed by atoms with Crippen LogP contribution in [0.25, 0.3) is 0 Å². The second kappa shape index (κ2) is 7.96. The molecular formula is C17H32N6O. The molecule has 2 unspecified atom stereocenters. The molecule has 1 aromatic heterocycles. The number of rotatable bonds is 7. The van der Waals surface area contributed by atoms with E-state index in [2.05, 4.69) is 46.6 Å². The summed E-state index contributed by atoms with van der Waals surface area (Å²) in [5.74, 6) is 2.59. The number of unbranched alkanes of at least 4 members (excludes halogenated alkanes) is 1. The van der Waals surface area contributed by atoms with Gasteiger partial charge in [0.05, 0.1) is 12.6 Å². The molecule has 2 N–H and O–H groups in total. The number of hydrogen-bond donors (Lipinski definition) is 2. The molecule has 1 aliphatic rings. The molecular weight excluding hydrogens is 304 g/mol. The highest BCUT2D eigenvalue weighted by Gasteiger charge is 2.49. The van der Waals surface area contributed by atoms with Crippen molar-refractivity contribution in [2.75, 3.05) is 13.7 Å². The van der Waals surface area contributed by atoms with Crippen molar-refractivity contribution in [3.05, 3.63) is 11.6 Å². The normalized spacial score (nSPS) is 23.0. The van der Waals surface area contributed by atoms with Crippen LogP contribution in [-0.4, -0.2) is 46.5 Å². The molecule has 1 heterocycles. The minimum atomic E-state index is 0.104. The summed E-state index contributed by atoms with van der Waals surface area (Å²) < 4.78 is 7.98. The lowest BCUT2D eigenvalue weighted by Gasteiger charge is -2.52. The first kappa shape index (κ1) is 18.7. The van der Waals surface area contributed by atoms with E-state index in [0.717, 1.165) is 37.1 Å². The van der Waals surface area contributed by atoms with E-state index in [9.17, 15) is 0 Å². The number of aliphatic imine (C=N–C) groups is 1. The minimum absolute atomic E-state index is 0.104. The van der Waals surface area contributed by atoms with Crippen LogP contribution in [0.3, 0.4) is 0 Å². The summed E-state index contributed by atoms with van der Waals surface area (Å²) in [6.45, 7) is 10.1. The molecule has 2 rings (SSSR count). The molecule has 0 amide bonds. The first-order valence-corrected chi connectivity index (χ1v) is 8.83. The van der Waals surface area contributed by atoms with E-state index in [0.29, 0.717) is 18.7 Å². The van der Waals surface area contributed by atoms with Gasteiger partial charge in [-0.3, -0.25) is 4.99 Å². The van der Waals surface area contributed by atoms with E-state index in [1.807, 2.05) is 18.5 Å². The largest absolute Gasteiger partial charge is 0.378 e. The van der Waals surface area contributed by atoms with Gasteiger partial charge in [0.25, 0.3) is 0 Å². The third kappa shape index (κ3) is 4.06. The molecule has 0 radical (unpaired) electrons. The highest BCUT2D eigenvalue weighted by molar-refractivity contribution is 5.80. The summed E-state index contributed by atoms with van der Waals surface area (Å²) in [6.07, 6.45) is 3.64. The van der Waals surface area contributed by atoms with Crippen LogP contribution < -0.4 is 10.6 Å². The maximum Gasteiger partial charge on any atom is 0.191 e. The van der Waals surface area contributed by atoms with Crippen molar-refractivity contribution < 1.29 is 4.74 Å². The number of nitrogens with one attached hydrogen (secondary N) is 2. The van der Waals surface area contributed by atoms with Crippen LogP contribution in [0.2, 0.25) is 0 Å². The molecule has 0 spiro atoms. The van der Waals surface area contributed by atoms with Gasteiger partial charge in [-0.1, -0.05) is 27.2 Å². The SMILES string of the molecule is CCCCOC1CC(NC(=NC)NCc2nnc(C)n2C)C1(C)C. The fourth-order valence-corrected chi connectivity index (χ4v) is 2.91. The molecule has 0 aliphatic heterocycles. The second-order valence-corrected chi connectivity index (χ2v) is 7.12. The van der Waals surface area contributed by atoms with Crippen LogP contribution in [0, 0.1) is 12.3 Å². The van der Waals surface area contributed by atoms with Crippen molar-refractivity contribution in [1.82, 2.24) is 25.4 Å². The van der Waals surface area contributed by atoms with Gasteiger partial charge < -0.3 is 19.9 Å². The lowest BCUT2D eigenvalue weighted by atomic mass is 9.64. The highest BCUT2D eigenvalue weighted by atomic mass is 16.5. The van der Waals surface area contributed by atoms with Gasteiger partial charge in [0.2, 0.25) is 0 Å². The Balaban J connectivity index is 1.82. The van der Waals surface area contributed by atoms with Crippen molar-refractivity contribution in [2.45, 2.75) is 65.6 Å².